The number of thiophene rings is 1. The van der Waals surface area contributed by atoms with Gasteiger partial charge in [-0.3, -0.25) is 0 Å². The van der Waals surface area contributed by atoms with Crippen LogP contribution in [0.15, 0.2) is 82.6 Å². The van der Waals surface area contributed by atoms with E-state index in [1.54, 1.807) is 22.2 Å². The third-order valence-electron chi connectivity index (χ3n) is 4.46. The van der Waals surface area contributed by atoms with E-state index < -0.39 is 0 Å². The Morgan fingerprint density at radius 3 is 2.54 bits per heavy atom. The molecule has 5 nitrogen and oxygen atoms in total. The van der Waals surface area contributed by atoms with Gasteiger partial charge in [0.25, 0.3) is 10.8 Å². The molecule has 0 aliphatic carbocycles. The second-order valence-electron chi connectivity index (χ2n) is 6.18. The Balaban J connectivity index is 1.62. The third-order valence-corrected chi connectivity index (χ3v) is 5.61. The summed E-state index contributed by atoms with van der Waals surface area (Å²) in [5.41, 5.74) is 4.78. The zero-order valence-electron chi connectivity index (χ0n) is 14.5. The number of aromatic nitrogens is 4. The Labute approximate surface area is 168 Å². The highest BCUT2D eigenvalue weighted by atomic mass is 32.1. The molecule has 0 fully saturated rings. The minimum absolute atomic E-state index is 0.486. The summed E-state index contributed by atoms with van der Waals surface area (Å²) in [7, 11) is 0. The van der Waals surface area contributed by atoms with Gasteiger partial charge in [-0.1, -0.05) is 18.2 Å². The quantitative estimate of drug-likeness (QED) is 0.398. The van der Waals surface area contributed by atoms with Crippen molar-refractivity contribution in [1.29, 1.82) is 0 Å². The van der Waals surface area contributed by atoms with E-state index in [2.05, 4.69) is 16.5 Å². The van der Waals surface area contributed by atoms with Crippen LogP contribution in [0.1, 0.15) is 0 Å². The molecular formula is C21H13N4OS2+. The van der Waals surface area contributed by atoms with Crippen LogP contribution in [0, 0.1) is 0 Å². The number of hydrogen-bond donors (Lipinski definition) is 0. The minimum atomic E-state index is 0.486. The maximum atomic E-state index is 10.9. The normalized spacial score (nSPS) is 11.0. The predicted octanol–water partition coefficient (Wildman–Crippen LogP) is 5.00. The van der Waals surface area contributed by atoms with Crippen molar-refractivity contribution in [3.05, 3.63) is 77.8 Å². The molecule has 2 aromatic carbocycles. The highest BCUT2D eigenvalue weighted by molar-refractivity contribution is 7.65. The molecule has 7 heteroatoms. The van der Waals surface area contributed by atoms with Gasteiger partial charge in [-0.05, 0) is 35.2 Å². The summed E-state index contributed by atoms with van der Waals surface area (Å²) >= 11 is 2.13. The number of fused-ring (bicyclic) bond motifs is 1. The van der Waals surface area contributed by atoms with Crippen LogP contribution >= 0.6 is 11.3 Å². The van der Waals surface area contributed by atoms with Crippen LogP contribution in [0.3, 0.4) is 0 Å². The Morgan fingerprint density at radius 1 is 0.893 bits per heavy atom. The molecule has 5 rings (SSSR count). The number of hydrogen-bond acceptors (Lipinski definition) is 5. The summed E-state index contributed by atoms with van der Waals surface area (Å²) in [4.78, 5) is 10.2. The molecule has 0 bridgehead atoms. The Morgan fingerprint density at radius 2 is 1.75 bits per heavy atom. The van der Waals surface area contributed by atoms with Gasteiger partial charge in [0, 0.05) is 44.4 Å². The first-order valence-electron chi connectivity index (χ1n) is 8.56. The van der Waals surface area contributed by atoms with Crippen molar-refractivity contribution in [2.75, 3.05) is 0 Å². The van der Waals surface area contributed by atoms with Gasteiger partial charge >= 0.3 is 11.7 Å². The molecule has 0 aliphatic rings. The van der Waals surface area contributed by atoms with Gasteiger partial charge in [0.2, 0.25) is 0 Å². The fraction of sp³-hybridized carbons (Fsp3) is 0. The summed E-state index contributed by atoms with van der Waals surface area (Å²) in [5.74, 6) is 0.526. The molecule has 0 radical (unpaired) electrons. The van der Waals surface area contributed by atoms with Gasteiger partial charge in [-0.25, -0.2) is 14.6 Å². The van der Waals surface area contributed by atoms with E-state index in [1.807, 2.05) is 60.1 Å². The van der Waals surface area contributed by atoms with E-state index in [0.717, 1.165) is 33.3 Å². The predicted molar refractivity (Wildman–Crippen MR) is 112 cm³/mol. The van der Waals surface area contributed by atoms with Crippen LogP contribution < -0.4 is 0 Å². The maximum absolute atomic E-state index is 10.9. The average molecular weight is 401 g/mol. The molecule has 0 saturated carbocycles. The molecule has 28 heavy (non-hydrogen) atoms. The molecule has 0 N–H and O–H groups in total. The number of benzene rings is 2. The average Bonchev–Trinajstić information content (AvgIpc) is 3.45. The first-order chi connectivity index (χ1) is 13.8. The Hall–Kier alpha value is -3.29. The van der Waals surface area contributed by atoms with Gasteiger partial charge in [-0.15, -0.1) is 0 Å². The molecule has 0 unspecified atom stereocenters. The highest BCUT2D eigenvalue weighted by Gasteiger charge is 2.13. The molecule has 0 spiro atoms. The zero-order valence-corrected chi connectivity index (χ0v) is 16.2. The van der Waals surface area contributed by atoms with Crippen LogP contribution in [0.25, 0.3) is 39.2 Å². The summed E-state index contributed by atoms with van der Waals surface area (Å²) in [6, 6.07) is 17.5. The van der Waals surface area contributed by atoms with Gasteiger partial charge in [-0.2, -0.15) is 16.4 Å². The Bertz CT molecular complexity index is 1280. The zero-order chi connectivity index (χ0) is 18.9. The van der Waals surface area contributed by atoms with Crippen LogP contribution in [-0.4, -0.2) is 19.7 Å². The molecule has 5 aromatic rings. The van der Waals surface area contributed by atoms with E-state index in [0.29, 0.717) is 22.5 Å². The van der Waals surface area contributed by atoms with E-state index >= 15 is 0 Å². The fourth-order valence-electron chi connectivity index (χ4n) is 3.07. The summed E-state index contributed by atoms with van der Waals surface area (Å²) < 4.78 is 12.6. The lowest BCUT2D eigenvalue weighted by Gasteiger charge is -2.07. The van der Waals surface area contributed by atoms with Gasteiger partial charge in [0.15, 0.2) is 0 Å². The molecule has 134 valence electrons. The van der Waals surface area contributed by atoms with Gasteiger partial charge < -0.3 is 0 Å². The second kappa shape index (κ2) is 7.03. The number of rotatable bonds is 4. The topological polar surface area (TPSA) is 60.7 Å². The van der Waals surface area contributed by atoms with Crippen LogP contribution in [0.5, 0.6) is 0 Å². The molecule has 3 aromatic heterocycles. The van der Waals surface area contributed by atoms with E-state index in [-0.39, 0.29) is 0 Å². The van der Waals surface area contributed by atoms with Gasteiger partial charge in [0.05, 0.1) is 17.4 Å². The van der Waals surface area contributed by atoms with E-state index in [9.17, 15) is 4.21 Å². The largest absolute Gasteiger partial charge is 0.505 e. The number of para-hydroxylation sites is 1. The van der Waals surface area contributed by atoms with Crippen molar-refractivity contribution in [2.45, 2.75) is 4.90 Å². The molecular weight excluding hydrogens is 388 g/mol. The van der Waals surface area contributed by atoms with Crippen molar-refractivity contribution in [2.24, 2.45) is 0 Å². The third kappa shape index (κ3) is 3.00. The lowest BCUT2D eigenvalue weighted by atomic mass is 10.1. The number of nitrogens with zero attached hydrogens (tertiary/aromatic N) is 4. The molecule has 0 amide bonds. The molecule has 0 aliphatic heterocycles. The van der Waals surface area contributed by atoms with Crippen LogP contribution in [-0.2, 0) is 15.9 Å². The summed E-state index contributed by atoms with van der Waals surface area (Å²) in [6.45, 7) is 0. The van der Waals surface area contributed by atoms with Crippen molar-refractivity contribution < 1.29 is 4.21 Å². The van der Waals surface area contributed by atoms with Crippen molar-refractivity contribution in [3.63, 3.8) is 0 Å². The van der Waals surface area contributed by atoms with E-state index in [1.165, 1.54) is 0 Å². The second-order valence-corrected chi connectivity index (χ2v) is 7.60. The lowest BCUT2D eigenvalue weighted by molar-refractivity contribution is 0.605. The standard InChI is InChI=1S/C21H13N4OS2/c26-28-17-7-5-14(6-8-17)16-11-22-25(12-16)21-23-19-4-2-1-3-18(19)20(24-21)15-9-10-27-13-15/h1-13H/q+1. The van der Waals surface area contributed by atoms with Crippen molar-refractivity contribution in [3.8, 4) is 28.3 Å². The van der Waals surface area contributed by atoms with Crippen molar-refractivity contribution >= 4 is 33.9 Å². The highest BCUT2D eigenvalue weighted by Crippen LogP contribution is 2.29. The van der Waals surface area contributed by atoms with Crippen LogP contribution in [0.2, 0.25) is 0 Å². The summed E-state index contributed by atoms with van der Waals surface area (Å²) in [6.07, 6.45) is 3.68. The monoisotopic (exact) mass is 401 g/mol. The maximum Gasteiger partial charge on any atom is 0.505 e. The van der Waals surface area contributed by atoms with E-state index in [4.69, 9.17) is 9.97 Å². The molecule has 0 atom stereocenters. The lowest BCUT2D eigenvalue weighted by Crippen LogP contribution is -2.03. The molecule has 0 saturated heterocycles. The minimum Gasteiger partial charge on any atom is -0.211 e. The Kier molecular flexibility index (Phi) is 4.23. The first-order valence-corrected chi connectivity index (χ1v) is 10.2. The molecule has 3 heterocycles. The smallest absolute Gasteiger partial charge is 0.211 e. The van der Waals surface area contributed by atoms with Crippen LogP contribution in [0.4, 0.5) is 0 Å². The summed E-state index contributed by atoms with van der Waals surface area (Å²) in [5, 5.41) is 9.61. The first kappa shape index (κ1) is 16.9. The van der Waals surface area contributed by atoms with Crippen molar-refractivity contribution in [1.82, 2.24) is 19.7 Å². The SMILES string of the molecule is O=[S+]c1ccc(-c2cnn(-c3nc(-c4ccsc4)c4ccccc4n3)c2)cc1. The fourth-order valence-corrected chi connectivity index (χ4v) is 3.96. The van der Waals surface area contributed by atoms with Gasteiger partial charge in [0.1, 0.15) is 0 Å².